The first-order chi connectivity index (χ1) is 9.76. The lowest BCUT2D eigenvalue weighted by Crippen LogP contribution is -2.41. The second-order valence-electron chi connectivity index (χ2n) is 5.41. The molecule has 2 aliphatic heterocycles. The molecular weight excluding hydrogens is 256 g/mol. The van der Waals surface area contributed by atoms with Crippen molar-refractivity contribution >= 4 is 11.7 Å². The van der Waals surface area contributed by atoms with Gasteiger partial charge in [-0.05, 0) is 25.7 Å². The Kier molecular flexibility index (Phi) is 3.82. The highest BCUT2D eigenvalue weighted by atomic mass is 16.5. The summed E-state index contributed by atoms with van der Waals surface area (Å²) in [5.41, 5.74) is 0.355. The molecule has 0 saturated carbocycles. The van der Waals surface area contributed by atoms with E-state index in [-0.39, 0.29) is 18.1 Å². The third-order valence-corrected chi connectivity index (χ3v) is 3.85. The van der Waals surface area contributed by atoms with E-state index < -0.39 is 0 Å². The molecule has 2 N–H and O–H groups in total. The Morgan fingerprint density at radius 1 is 1.45 bits per heavy atom. The molecule has 2 fully saturated rings. The van der Waals surface area contributed by atoms with E-state index >= 15 is 0 Å². The molecule has 3 atom stereocenters. The molecule has 20 heavy (non-hydrogen) atoms. The Bertz CT molecular complexity index is 494. The van der Waals surface area contributed by atoms with Crippen molar-refractivity contribution in [2.45, 2.75) is 50.9 Å². The topological polar surface area (TPSA) is 76.1 Å². The summed E-state index contributed by atoms with van der Waals surface area (Å²) in [5, 5.41) is 6.15. The third-order valence-electron chi connectivity index (χ3n) is 3.85. The summed E-state index contributed by atoms with van der Waals surface area (Å²) in [4.78, 5) is 20.6. The van der Waals surface area contributed by atoms with E-state index in [1.165, 1.54) is 6.20 Å². The van der Waals surface area contributed by atoms with E-state index in [0.29, 0.717) is 17.6 Å². The molecule has 1 amide bonds. The monoisotopic (exact) mass is 276 g/mol. The first-order valence-electron chi connectivity index (χ1n) is 7.28. The van der Waals surface area contributed by atoms with Crippen molar-refractivity contribution in [1.29, 1.82) is 0 Å². The van der Waals surface area contributed by atoms with Crippen molar-refractivity contribution in [1.82, 2.24) is 15.3 Å². The predicted octanol–water partition coefficient (Wildman–Crippen LogP) is 1.35. The van der Waals surface area contributed by atoms with E-state index in [1.54, 1.807) is 6.20 Å². The number of carbonyl (C=O) groups excluding carboxylic acids is 1. The van der Waals surface area contributed by atoms with E-state index in [0.717, 1.165) is 32.2 Å². The number of carbonyl (C=O) groups is 1. The number of hydrogen-bond donors (Lipinski definition) is 2. The number of ether oxygens (including phenoxy) is 1. The highest BCUT2D eigenvalue weighted by molar-refractivity contribution is 5.92. The quantitative estimate of drug-likeness (QED) is 0.849. The zero-order valence-electron chi connectivity index (χ0n) is 11.6. The average Bonchev–Trinajstić information content (AvgIpc) is 3.08. The van der Waals surface area contributed by atoms with Crippen molar-refractivity contribution in [3.63, 3.8) is 0 Å². The number of rotatable bonds is 5. The van der Waals surface area contributed by atoms with Gasteiger partial charge in [-0.1, -0.05) is 6.92 Å². The molecule has 1 aromatic rings. The molecule has 0 aromatic carbocycles. The summed E-state index contributed by atoms with van der Waals surface area (Å²) in [7, 11) is 0. The Morgan fingerprint density at radius 2 is 2.35 bits per heavy atom. The maximum absolute atomic E-state index is 12.2. The van der Waals surface area contributed by atoms with Crippen LogP contribution in [0.25, 0.3) is 0 Å². The van der Waals surface area contributed by atoms with Gasteiger partial charge in [0.1, 0.15) is 11.5 Å². The normalized spacial score (nSPS) is 27.6. The van der Waals surface area contributed by atoms with Gasteiger partial charge < -0.3 is 15.4 Å². The van der Waals surface area contributed by atoms with E-state index in [1.807, 2.05) is 0 Å². The fourth-order valence-corrected chi connectivity index (χ4v) is 2.85. The van der Waals surface area contributed by atoms with Crippen molar-refractivity contribution in [3.8, 4) is 0 Å². The molecule has 6 heteroatoms. The lowest BCUT2D eigenvalue weighted by atomic mass is 9.95. The number of nitrogens with zero attached hydrogens (tertiary/aromatic N) is 2. The van der Waals surface area contributed by atoms with Crippen molar-refractivity contribution < 1.29 is 9.53 Å². The first-order valence-corrected chi connectivity index (χ1v) is 7.28. The highest BCUT2D eigenvalue weighted by Crippen LogP contribution is 2.34. The number of amides is 1. The summed E-state index contributed by atoms with van der Waals surface area (Å²) in [5.74, 6) is 0.475. The fourth-order valence-electron chi connectivity index (χ4n) is 2.85. The Balaban J connectivity index is 1.62. The average molecular weight is 276 g/mol. The minimum Gasteiger partial charge on any atom is -0.373 e. The van der Waals surface area contributed by atoms with Gasteiger partial charge in [0.15, 0.2) is 0 Å². The van der Waals surface area contributed by atoms with Crippen molar-refractivity contribution in [3.05, 3.63) is 18.1 Å². The first kappa shape index (κ1) is 13.3. The minimum absolute atomic E-state index is 0.121. The van der Waals surface area contributed by atoms with Crippen LogP contribution in [0.3, 0.4) is 0 Å². The summed E-state index contributed by atoms with van der Waals surface area (Å²) in [6.45, 7) is 2.89. The van der Waals surface area contributed by atoms with Crippen molar-refractivity contribution in [2.24, 2.45) is 0 Å². The van der Waals surface area contributed by atoms with Crippen LogP contribution < -0.4 is 10.6 Å². The number of hydrogen-bond acceptors (Lipinski definition) is 5. The van der Waals surface area contributed by atoms with Gasteiger partial charge in [0.2, 0.25) is 0 Å². The molecule has 3 heterocycles. The number of aromatic nitrogens is 2. The summed E-state index contributed by atoms with van der Waals surface area (Å²) in [6, 6.07) is 0.121. The van der Waals surface area contributed by atoms with Crippen LogP contribution in [-0.2, 0) is 4.74 Å². The van der Waals surface area contributed by atoms with Gasteiger partial charge in [-0.25, -0.2) is 4.98 Å². The molecule has 2 bridgehead atoms. The molecular formula is C14H20N4O2. The van der Waals surface area contributed by atoms with Crippen LogP contribution in [-0.4, -0.2) is 40.7 Å². The van der Waals surface area contributed by atoms with E-state index in [9.17, 15) is 4.79 Å². The SMILES string of the molecule is CCCNc1cncc(C(=O)NC2CC3CCC2O3)n1. The number of fused-ring (bicyclic) bond motifs is 2. The molecule has 0 spiro atoms. The molecule has 0 aliphatic carbocycles. The molecule has 108 valence electrons. The van der Waals surface area contributed by atoms with Crippen molar-refractivity contribution in [2.75, 3.05) is 11.9 Å². The Morgan fingerprint density at radius 3 is 3.05 bits per heavy atom. The predicted molar refractivity (Wildman–Crippen MR) is 74.6 cm³/mol. The molecule has 3 rings (SSSR count). The van der Waals surface area contributed by atoms with E-state index in [2.05, 4.69) is 27.5 Å². The van der Waals surface area contributed by atoms with Gasteiger partial charge >= 0.3 is 0 Å². The van der Waals surface area contributed by atoms with Crippen LogP contribution >= 0.6 is 0 Å². The molecule has 2 saturated heterocycles. The van der Waals surface area contributed by atoms with Gasteiger partial charge in [0, 0.05) is 6.54 Å². The van der Waals surface area contributed by atoms with Crippen LogP contribution in [0.2, 0.25) is 0 Å². The summed E-state index contributed by atoms with van der Waals surface area (Å²) >= 11 is 0. The molecule has 1 aromatic heterocycles. The van der Waals surface area contributed by atoms with Crippen LogP contribution in [0, 0.1) is 0 Å². The maximum atomic E-state index is 12.2. The second-order valence-corrected chi connectivity index (χ2v) is 5.41. The zero-order chi connectivity index (χ0) is 13.9. The summed E-state index contributed by atoms with van der Waals surface area (Å²) in [6.07, 6.45) is 7.71. The van der Waals surface area contributed by atoms with Crippen LogP contribution in [0.4, 0.5) is 5.82 Å². The van der Waals surface area contributed by atoms with Crippen LogP contribution in [0.1, 0.15) is 43.1 Å². The van der Waals surface area contributed by atoms with Gasteiger partial charge in [-0.2, -0.15) is 0 Å². The molecule has 6 nitrogen and oxygen atoms in total. The minimum atomic E-state index is -0.168. The van der Waals surface area contributed by atoms with Crippen LogP contribution in [0.15, 0.2) is 12.4 Å². The largest absolute Gasteiger partial charge is 0.373 e. The second kappa shape index (κ2) is 5.75. The number of anilines is 1. The smallest absolute Gasteiger partial charge is 0.271 e. The molecule has 0 radical (unpaired) electrons. The number of nitrogens with one attached hydrogen (secondary N) is 2. The van der Waals surface area contributed by atoms with E-state index in [4.69, 9.17) is 4.74 Å². The van der Waals surface area contributed by atoms with Gasteiger partial charge in [-0.15, -0.1) is 0 Å². The van der Waals surface area contributed by atoms with Crippen LogP contribution in [0.5, 0.6) is 0 Å². The van der Waals surface area contributed by atoms with Gasteiger partial charge in [0.25, 0.3) is 5.91 Å². The fraction of sp³-hybridized carbons (Fsp3) is 0.643. The maximum Gasteiger partial charge on any atom is 0.271 e. The van der Waals surface area contributed by atoms with Gasteiger partial charge in [-0.3, -0.25) is 9.78 Å². The molecule has 2 aliphatic rings. The third kappa shape index (κ3) is 2.75. The lowest BCUT2D eigenvalue weighted by Gasteiger charge is -2.19. The highest BCUT2D eigenvalue weighted by Gasteiger charge is 2.41. The molecule has 3 unspecified atom stereocenters. The Labute approximate surface area is 118 Å². The standard InChI is InChI=1S/C14H20N4O2/c1-2-5-16-13-8-15-7-11(17-13)14(19)18-10-6-9-3-4-12(10)20-9/h7-10,12H,2-6H2,1H3,(H,16,17)(H,18,19). The Hall–Kier alpha value is -1.69. The zero-order valence-corrected chi connectivity index (χ0v) is 11.6. The lowest BCUT2D eigenvalue weighted by molar-refractivity contribution is 0.0837. The summed E-state index contributed by atoms with van der Waals surface area (Å²) < 4.78 is 5.74. The van der Waals surface area contributed by atoms with Gasteiger partial charge in [0.05, 0.1) is 30.6 Å².